The summed E-state index contributed by atoms with van der Waals surface area (Å²) >= 11 is 0. The van der Waals surface area contributed by atoms with Crippen molar-refractivity contribution in [2.45, 2.75) is 50.7 Å². The maximum atomic E-state index is 15.2. The molecule has 1 aromatic heterocycles. The van der Waals surface area contributed by atoms with Crippen LogP contribution in [-0.2, 0) is 45.2 Å². The van der Waals surface area contributed by atoms with Gasteiger partial charge in [0.1, 0.15) is 12.4 Å². The number of aryl methyl sites for hydroxylation is 1. The number of aromatic nitrogens is 1. The summed E-state index contributed by atoms with van der Waals surface area (Å²) in [6.07, 6.45) is 6.08. The van der Waals surface area contributed by atoms with Gasteiger partial charge in [0.25, 0.3) is 0 Å². The van der Waals surface area contributed by atoms with Gasteiger partial charge in [-0.3, -0.25) is 0 Å². The van der Waals surface area contributed by atoms with Crippen LogP contribution in [0.3, 0.4) is 0 Å². The Hall–Kier alpha value is -3.05. The summed E-state index contributed by atoms with van der Waals surface area (Å²) in [7, 11) is -3.40. The monoisotopic (exact) mass is 610 g/mol. The topological polar surface area (TPSA) is 81.4 Å². The minimum Gasteiger partial charge on any atom is -0.550 e. The van der Waals surface area contributed by atoms with Crippen LogP contribution in [0.15, 0.2) is 71.1 Å². The van der Waals surface area contributed by atoms with E-state index in [0.29, 0.717) is 42.9 Å². The van der Waals surface area contributed by atoms with Crippen LogP contribution >= 0.6 is 0 Å². The van der Waals surface area contributed by atoms with E-state index in [0.717, 1.165) is 17.4 Å². The summed E-state index contributed by atoms with van der Waals surface area (Å²) in [4.78, 5) is 4.36. The smallest absolute Gasteiger partial charge is 0.208 e. The van der Waals surface area contributed by atoms with Crippen LogP contribution in [0.25, 0.3) is 11.1 Å². The molecule has 40 heavy (non-hydrogen) atoms. The van der Waals surface area contributed by atoms with E-state index >= 15 is 4.39 Å². The Morgan fingerprint density at radius 2 is 1.82 bits per heavy atom. The molecule has 5 rings (SSSR count). The zero-order valence-electron chi connectivity index (χ0n) is 22.0. The second-order valence-electron chi connectivity index (χ2n) is 10.2. The number of rotatable bonds is 9. The van der Waals surface area contributed by atoms with E-state index in [9.17, 15) is 12.8 Å². The quantitative estimate of drug-likeness (QED) is 0.239. The van der Waals surface area contributed by atoms with E-state index in [1.54, 1.807) is 25.1 Å². The van der Waals surface area contributed by atoms with E-state index in [-0.39, 0.29) is 40.7 Å². The molecule has 1 radical (unpaired) electrons. The molecule has 0 unspecified atom stereocenters. The Morgan fingerprint density at radius 3 is 2.52 bits per heavy atom. The third kappa shape index (κ3) is 6.80. The standard InChI is InChI=1S/C30H29F2N2O4S.Co/c1-20-18-33-29(38-20)30(14-13-23(17-30)34-39(2,35)36)16-22-11-12-26(31)25(15-22)24-9-6-10-27(32)28(24)37-19-21-7-4-3-5-8-21;/h3-12,15,23,34H,13-14,16-17,19H2,1-2H3;/q-1;/t23-,30+;/m0./s1. The predicted molar refractivity (Wildman–Crippen MR) is 144 cm³/mol. The zero-order valence-corrected chi connectivity index (χ0v) is 23.9. The number of ether oxygens (including phenoxy) is 1. The Bertz CT molecular complexity index is 1580. The molecule has 0 spiro atoms. The second kappa shape index (κ2) is 12.2. The maximum absolute atomic E-state index is 15.2. The molecule has 0 bridgehead atoms. The first-order valence-electron chi connectivity index (χ1n) is 12.7. The number of para-hydroxylation sites is 1. The van der Waals surface area contributed by atoms with Crippen LogP contribution in [0.5, 0.6) is 5.75 Å². The van der Waals surface area contributed by atoms with Crippen molar-refractivity contribution in [3.63, 3.8) is 0 Å². The molecule has 1 aliphatic carbocycles. The normalized spacial score (nSPS) is 18.9. The number of oxazole rings is 1. The third-order valence-corrected chi connectivity index (χ3v) is 7.83. The molecule has 0 saturated heterocycles. The molecule has 1 aliphatic rings. The molecule has 1 N–H and O–H groups in total. The molecule has 0 amide bonds. The summed E-state index contributed by atoms with van der Waals surface area (Å²) in [5.41, 5.74) is 1.54. The van der Waals surface area contributed by atoms with E-state index in [2.05, 4.69) is 15.9 Å². The molecule has 213 valence electrons. The first kappa shape index (κ1) is 29.9. The molecule has 1 heterocycles. The average Bonchev–Trinajstić information content (AvgIpc) is 3.51. The second-order valence-corrected chi connectivity index (χ2v) is 12.0. The summed E-state index contributed by atoms with van der Waals surface area (Å²) in [5.74, 6) is -0.111. The van der Waals surface area contributed by atoms with Gasteiger partial charge in [-0.15, -0.1) is 6.20 Å². The van der Waals surface area contributed by atoms with Gasteiger partial charge >= 0.3 is 0 Å². The molecule has 4 aromatic rings. The molecule has 0 aliphatic heterocycles. The summed E-state index contributed by atoms with van der Waals surface area (Å²) in [5, 5.41) is 0. The van der Waals surface area contributed by atoms with Crippen molar-refractivity contribution >= 4 is 10.0 Å². The average molecular weight is 611 g/mol. The summed E-state index contributed by atoms with van der Waals surface area (Å²) < 4.78 is 68.4. The Labute approximate surface area is 243 Å². The Kier molecular flexibility index (Phi) is 9.14. The number of nitrogens with one attached hydrogen (secondary N) is 1. The first-order chi connectivity index (χ1) is 18.6. The molecule has 2 atom stereocenters. The number of nitrogens with zero attached hydrogens (tertiary/aromatic N) is 1. The molecular weight excluding hydrogens is 581 g/mol. The molecule has 6 nitrogen and oxygen atoms in total. The Balaban J connectivity index is 0.00000370. The maximum Gasteiger partial charge on any atom is 0.208 e. The van der Waals surface area contributed by atoms with Crippen molar-refractivity contribution in [3.8, 4) is 16.9 Å². The fourth-order valence-electron chi connectivity index (χ4n) is 5.38. The van der Waals surface area contributed by atoms with Crippen LogP contribution < -0.4 is 9.46 Å². The van der Waals surface area contributed by atoms with Crippen LogP contribution in [0.1, 0.15) is 42.0 Å². The van der Waals surface area contributed by atoms with Crippen molar-refractivity contribution in [2.24, 2.45) is 0 Å². The molecule has 1 fully saturated rings. The number of hydrogen-bond acceptors (Lipinski definition) is 5. The van der Waals surface area contributed by atoms with Gasteiger partial charge in [-0.25, -0.2) is 21.9 Å². The largest absolute Gasteiger partial charge is 0.550 e. The SMILES string of the molecule is Cc1[c-]nc([C@@]2(Cc3ccc(F)c(-c4cccc(F)c4OCc4ccccc4)c3)CC[C@H](NS(C)(=O)=O)C2)o1.[Co]. The van der Waals surface area contributed by atoms with E-state index < -0.39 is 27.1 Å². The third-order valence-electron chi connectivity index (χ3n) is 7.06. The predicted octanol–water partition coefficient (Wildman–Crippen LogP) is 5.89. The van der Waals surface area contributed by atoms with Gasteiger partial charge in [0.05, 0.1) is 6.26 Å². The minimum absolute atomic E-state index is 0. The van der Waals surface area contributed by atoms with E-state index in [4.69, 9.17) is 9.15 Å². The van der Waals surface area contributed by atoms with Crippen molar-refractivity contribution in [3.05, 3.63) is 107 Å². The summed E-state index contributed by atoms with van der Waals surface area (Å²) in [6.45, 7) is 1.89. The van der Waals surface area contributed by atoms with Crippen molar-refractivity contribution in [1.82, 2.24) is 9.71 Å². The minimum atomic E-state index is -3.40. The number of hydrogen-bond donors (Lipinski definition) is 1. The van der Waals surface area contributed by atoms with Crippen molar-refractivity contribution < 1.29 is 43.1 Å². The van der Waals surface area contributed by atoms with Gasteiger partial charge in [-0.1, -0.05) is 55.0 Å². The fourth-order valence-corrected chi connectivity index (χ4v) is 6.19. The van der Waals surface area contributed by atoms with E-state index in [1.165, 1.54) is 18.2 Å². The van der Waals surface area contributed by atoms with Gasteiger partial charge in [0.2, 0.25) is 10.0 Å². The number of benzene rings is 3. The van der Waals surface area contributed by atoms with Crippen LogP contribution in [-0.4, -0.2) is 25.7 Å². The van der Waals surface area contributed by atoms with Crippen LogP contribution in [0.4, 0.5) is 8.78 Å². The van der Waals surface area contributed by atoms with Crippen molar-refractivity contribution in [2.75, 3.05) is 6.26 Å². The molecule has 1 saturated carbocycles. The molecular formula is C30H29CoF2N2O4S-. The van der Waals surface area contributed by atoms with Crippen LogP contribution in [0.2, 0.25) is 0 Å². The summed E-state index contributed by atoms with van der Waals surface area (Å²) in [6, 6.07) is 18.3. The molecule has 3 aromatic carbocycles. The van der Waals surface area contributed by atoms with Gasteiger partial charge in [0.15, 0.2) is 11.6 Å². The Morgan fingerprint density at radius 1 is 1.05 bits per heavy atom. The number of sulfonamides is 1. The zero-order chi connectivity index (χ0) is 27.6. The number of halogens is 2. The van der Waals surface area contributed by atoms with Gasteiger partial charge in [-0.2, -0.15) is 0 Å². The first-order valence-corrected chi connectivity index (χ1v) is 14.6. The van der Waals surface area contributed by atoms with Crippen LogP contribution in [0, 0.1) is 24.8 Å². The van der Waals surface area contributed by atoms with Crippen molar-refractivity contribution in [1.29, 1.82) is 0 Å². The fraction of sp³-hybridized carbons (Fsp3) is 0.300. The van der Waals surface area contributed by atoms with Gasteiger partial charge in [0, 0.05) is 45.6 Å². The van der Waals surface area contributed by atoms with E-state index in [1.807, 2.05) is 30.3 Å². The molecule has 10 heteroatoms. The van der Waals surface area contributed by atoms with Gasteiger partial charge in [-0.05, 0) is 60.9 Å². The van der Waals surface area contributed by atoms with Gasteiger partial charge < -0.3 is 14.1 Å².